The van der Waals surface area contributed by atoms with Crippen molar-refractivity contribution in [3.63, 3.8) is 0 Å². The lowest BCUT2D eigenvalue weighted by molar-refractivity contribution is 0.414. The molecule has 1 saturated heterocycles. The second-order valence-corrected chi connectivity index (χ2v) is 4.24. The van der Waals surface area contributed by atoms with E-state index in [9.17, 15) is 0 Å². The van der Waals surface area contributed by atoms with Gasteiger partial charge < -0.3 is 15.4 Å². The average Bonchev–Trinajstić information content (AvgIpc) is 2.83. The van der Waals surface area contributed by atoms with Crippen molar-refractivity contribution in [2.24, 2.45) is 5.73 Å². The zero-order valence-corrected chi connectivity index (χ0v) is 9.91. The van der Waals surface area contributed by atoms with E-state index in [0.717, 1.165) is 25.3 Å². The molecule has 1 aromatic rings. The van der Waals surface area contributed by atoms with Gasteiger partial charge in [0.1, 0.15) is 5.75 Å². The van der Waals surface area contributed by atoms with Gasteiger partial charge in [-0.05, 0) is 43.5 Å². The van der Waals surface area contributed by atoms with Gasteiger partial charge in [-0.3, -0.25) is 0 Å². The van der Waals surface area contributed by atoms with Crippen LogP contribution in [0.25, 0.3) is 0 Å². The molecule has 1 aliphatic rings. The first-order chi connectivity index (χ1) is 7.85. The number of anilines is 1. The molecule has 2 rings (SSSR count). The van der Waals surface area contributed by atoms with E-state index in [4.69, 9.17) is 10.5 Å². The largest absolute Gasteiger partial charge is 0.495 e. The highest BCUT2D eigenvalue weighted by atomic mass is 16.5. The van der Waals surface area contributed by atoms with Gasteiger partial charge in [0.25, 0.3) is 0 Å². The first kappa shape index (κ1) is 11.3. The number of benzene rings is 1. The van der Waals surface area contributed by atoms with E-state index in [1.807, 2.05) is 0 Å². The molecule has 0 radical (unpaired) electrons. The van der Waals surface area contributed by atoms with E-state index in [2.05, 4.69) is 23.1 Å². The van der Waals surface area contributed by atoms with E-state index < -0.39 is 0 Å². The highest BCUT2D eigenvalue weighted by molar-refractivity contribution is 5.60. The van der Waals surface area contributed by atoms with E-state index >= 15 is 0 Å². The smallest absolute Gasteiger partial charge is 0.142 e. The van der Waals surface area contributed by atoms with Crippen LogP contribution in [0.1, 0.15) is 18.4 Å². The Kier molecular flexibility index (Phi) is 3.67. The molecule has 0 atom stereocenters. The van der Waals surface area contributed by atoms with Crippen molar-refractivity contribution in [1.29, 1.82) is 0 Å². The van der Waals surface area contributed by atoms with Crippen molar-refractivity contribution in [3.8, 4) is 5.75 Å². The second-order valence-electron chi connectivity index (χ2n) is 4.24. The number of ether oxygens (including phenoxy) is 1. The molecule has 1 heterocycles. The molecule has 0 aromatic heterocycles. The fraction of sp³-hybridized carbons (Fsp3) is 0.538. The van der Waals surface area contributed by atoms with Gasteiger partial charge in [0, 0.05) is 13.1 Å². The van der Waals surface area contributed by atoms with Crippen LogP contribution >= 0.6 is 0 Å². The zero-order valence-electron chi connectivity index (χ0n) is 9.91. The summed E-state index contributed by atoms with van der Waals surface area (Å²) >= 11 is 0. The van der Waals surface area contributed by atoms with Crippen molar-refractivity contribution < 1.29 is 4.74 Å². The van der Waals surface area contributed by atoms with Gasteiger partial charge in [0.05, 0.1) is 12.8 Å². The van der Waals surface area contributed by atoms with Crippen molar-refractivity contribution in [1.82, 2.24) is 0 Å². The molecule has 0 unspecified atom stereocenters. The van der Waals surface area contributed by atoms with Gasteiger partial charge in [-0.25, -0.2) is 0 Å². The third kappa shape index (κ3) is 2.30. The fourth-order valence-corrected chi connectivity index (χ4v) is 2.26. The van der Waals surface area contributed by atoms with Crippen LogP contribution in [0.2, 0.25) is 0 Å². The minimum absolute atomic E-state index is 0.687. The molecule has 0 aliphatic carbocycles. The van der Waals surface area contributed by atoms with Crippen LogP contribution in [0.15, 0.2) is 18.2 Å². The van der Waals surface area contributed by atoms with E-state index in [1.54, 1.807) is 7.11 Å². The lowest BCUT2D eigenvalue weighted by atomic mass is 10.1. The molecule has 1 aromatic carbocycles. The summed E-state index contributed by atoms with van der Waals surface area (Å²) in [7, 11) is 1.74. The van der Waals surface area contributed by atoms with Gasteiger partial charge in [0.2, 0.25) is 0 Å². The van der Waals surface area contributed by atoms with Crippen LogP contribution in [-0.4, -0.2) is 26.7 Å². The Morgan fingerprint density at radius 1 is 1.31 bits per heavy atom. The SMILES string of the molecule is COc1cc(CCN)ccc1N1CCCC1. The topological polar surface area (TPSA) is 38.5 Å². The number of methoxy groups -OCH3 is 1. The van der Waals surface area contributed by atoms with Crippen LogP contribution < -0.4 is 15.4 Å². The minimum Gasteiger partial charge on any atom is -0.495 e. The molecule has 0 spiro atoms. The summed E-state index contributed by atoms with van der Waals surface area (Å²) in [6.45, 7) is 2.98. The van der Waals surface area contributed by atoms with E-state index in [-0.39, 0.29) is 0 Å². The molecule has 2 N–H and O–H groups in total. The van der Waals surface area contributed by atoms with Gasteiger partial charge in [0.15, 0.2) is 0 Å². The second kappa shape index (κ2) is 5.21. The third-order valence-corrected chi connectivity index (χ3v) is 3.12. The summed E-state index contributed by atoms with van der Waals surface area (Å²) in [6, 6.07) is 6.43. The Morgan fingerprint density at radius 3 is 2.69 bits per heavy atom. The summed E-state index contributed by atoms with van der Waals surface area (Å²) in [6.07, 6.45) is 3.48. The standard InChI is InChI=1S/C13H20N2O/c1-16-13-10-11(6-7-14)4-5-12(13)15-8-2-3-9-15/h4-5,10H,2-3,6-9,14H2,1H3. The Bertz CT molecular complexity index is 346. The maximum Gasteiger partial charge on any atom is 0.142 e. The fourth-order valence-electron chi connectivity index (χ4n) is 2.26. The van der Waals surface area contributed by atoms with Gasteiger partial charge in [-0.15, -0.1) is 0 Å². The maximum atomic E-state index is 5.56. The molecule has 1 aliphatic heterocycles. The predicted octanol–water partition coefficient (Wildman–Crippen LogP) is 1.80. The summed E-state index contributed by atoms with van der Waals surface area (Å²) in [4.78, 5) is 2.39. The summed E-state index contributed by atoms with van der Waals surface area (Å²) < 4.78 is 5.46. The summed E-state index contributed by atoms with van der Waals surface area (Å²) in [5.74, 6) is 0.979. The van der Waals surface area contributed by atoms with Crippen LogP contribution in [0, 0.1) is 0 Å². The van der Waals surface area contributed by atoms with Crippen molar-refractivity contribution in [2.45, 2.75) is 19.3 Å². The Hall–Kier alpha value is -1.22. The Morgan fingerprint density at radius 2 is 2.06 bits per heavy atom. The number of rotatable bonds is 4. The maximum absolute atomic E-state index is 5.56. The van der Waals surface area contributed by atoms with Crippen molar-refractivity contribution in [3.05, 3.63) is 23.8 Å². The number of nitrogens with zero attached hydrogens (tertiary/aromatic N) is 1. The molecular formula is C13H20N2O. The van der Waals surface area contributed by atoms with Crippen molar-refractivity contribution in [2.75, 3.05) is 31.6 Å². The highest BCUT2D eigenvalue weighted by Gasteiger charge is 2.16. The first-order valence-electron chi connectivity index (χ1n) is 5.97. The third-order valence-electron chi connectivity index (χ3n) is 3.12. The molecule has 16 heavy (non-hydrogen) atoms. The number of nitrogens with two attached hydrogens (primary N) is 1. The predicted molar refractivity (Wildman–Crippen MR) is 67.2 cm³/mol. The monoisotopic (exact) mass is 220 g/mol. The number of hydrogen-bond donors (Lipinski definition) is 1. The zero-order chi connectivity index (χ0) is 11.4. The molecule has 3 heteroatoms. The Labute approximate surface area is 97.2 Å². The quantitative estimate of drug-likeness (QED) is 0.841. The molecule has 0 saturated carbocycles. The lowest BCUT2D eigenvalue weighted by Gasteiger charge is -2.21. The number of hydrogen-bond acceptors (Lipinski definition) is 3. The molecular weight excluding hydrogens is 200 g/mol. The summed E-state index contributed by atoms with van der Waals surface area (Å²) in [5.41, 5.74) is 8.04. The van der Waals surface area contributed by atoms with E-state index in [0.29, 0.717) is 6.54 Å². The van der Waals surface area contributed by atoms with Gasteiger partial charge in [-0.1, -0.05) is 6.07 Å². The average molecular weight is 220 g/mol. The van der Waals surface area contributed by atoms with Crippen LogP contribution in [0.5, 0.6) is 5.75 Å². The van der Waals surface area contributed by atoms with E-state index in [1.165, 1.54) is 24.1 Å². The molecule has 3 nitrogen and oxygen atoms in total. The van der Waals surface area contributed by atoms with Crippen LogP contribution in [0.4, 0.5) is 5.69 Å². The molecule has 0 amide bonds. The minimum atomic E-state index is 0.687. The summed E-state index contributed by atoms with van der Waals surface area (Å²) in [5, 5.41) is 0. The van der Waals surface area contributed by atoms with Gasteiger partial charge >= 0.3 is 0 Å². The Balaban J connectivity index is 2.23. The normalized spacial score (nSPS) is 15.5. The van der Waals surface area contributed by atoms with Crippen LogP contribution in [0.3, 0.4) is 0 Å². The lowest BCUT2D eigenvalue weighted by Crippen LogP contribution is -2.18. The highest BCUT2D eigenvalue weighted by Crippen LogP contribution is 2.31. The first-order valence-corrected chi connectivity index (χ1v) is 5.97. The van der Waals surface area contributed by atoms with Crippen molar-refractivity contribution >= 4 is 5.69 Å². The van der Waals surface area contributed by atoms with Gasteiger partial charge in [-0.2, -0.15) is 0 Å². The molecule has 0 bridgehead atoms. The van der Waals surface area contributed by atoms with Crippen LogP contribution in [-0.2, 0) is 6.42 Å². The molecule has 88 valence electrons. The molecule has 1 fully saturated rings.